The van der Waals surface area contributed by atoms with E-state index >= 15 is 0 Å². The first-order valence-corrected chi connectivity index (χ1v) is 8.86. The second-order valence-electron chi connectivity index (χ2n) is 7.46. The average Bonchev–Trinajstić information content (AvgIpc) is 2.54. The monoisotopic (exact) mass is 336 g/mol. The summed E-state index contributed by atoms with van der Waals surface area (Å²) in [5.74, 6) is -0.897. The van der Waals surface area contributed by atoms with Gasteiger partial charge in [0.25, 0.3) is 0 Å². The second-order valence-corrected chi connectivity index (χ2v) is 7.46. The van der Waals surface area contributed by atoms with E-state index in [4.69, 9.17) is 5.11 Å². The molecule has 1 N–H and O–H groups in total. The predicted octanol–water partition coefficient (Wildman–Crippen LogP) is 6.43. The number of carboxylic acids is 1. The van der Waals surface area contributed by atoms with Crippen LogP contribution in [0.4, 0.5) is 0 Å². The third-order valence-corrected chi connectivity index (χ3v) is 4.86. The van der Waals surface area contributed by atoms with Crippen molar-refractivity contribution in [3.63, 3.8) is 0 Å². The molecule has 0 amide bonds. The van der Waals surface area contributed by atoms with Gasteiger partial charge in [0.1, 0.15) is 0 Å². The molecule has 2 heteroatoms. The highest BCUT2D eigenvalue weighted by Crippen LogP contribution is 2.40. The molecule has 2 nitrogen and oxygen atoms in total. The molecule has 0 saturated carbocycles. The van der Waals surface area contributed by atoms with E-state index in [0.717, 1.165) is 5.56 Å². The largest absolute Gasteiger partial charge is 0.478 e. The van der Waals surface area contributed by atoms with Crippen molar-refractivity contribution in [2.24, 2.45) is 5.41 Å². The normalized spacial score (nSPS) is 18.3. The van der Waals surface area contributed by atoms with Gasteiger partial charge in [0.2, 0.25) is 0 Å². The Hall–Kier alpha value is -2.35. The van der Waals surface area contributed by atoms with E-state index in [9.17, 15) is 4.79 Å². The summed E-state index contributed by atoms with van der Waals surface area (Å²) < 4.78 is 0. The molecule has 0 saturated heterocycles. The molecule has 1 aromatic rings. The molecular formula is C23H28O2. The van der Waals surface area contributed by atoms with E-state index < -0.39 is 5.97 Å². The molecule has 0 aromatic heterocycles. The molecule has 0 atom stereocenters. The molecular weight excluding hydrogens is 308 g/mol. The summed E-state index contributed by atoms with van der Waals surface area (Å²) >= 11 is 0. The maximum absolute atomic E-state index is 10.8. The van der Waals surface area contributed by atoms with Crippen LogP contribution in [0, 0.1) is 5.41 Å². The van der Waals surface area contributed by atoms with Crippen LogP contribution in [-0.4, -0.2) is 11.1 Å². The van der Waals surface area contributed by atoms with Gasteiger partial charge in [-0.2, -0.15) is 0 Å². The van der Waals surface area contributed by atoms with Crippen molar-refractivity contribution in [3.05, 3.63) is 76.4 Å². The number of aromatic carboxylic acids is 1. The lowest BCUT2D eigenvalue weighted by molar-refractivity contribution is 0.0697. The highest BCUT2D eigenvalue weighted by molar-refractivity contribution is 5.87. The highest BCUT2D eigenvalue weighted by atomic mass is 16.4. The van der Waals surface area contributed by atoms with E-state index in [0.29, 0.717) is 5.56 Å². The fourth-order valence-electron chi connectivity index (χ4n) is 3.33. The first-order valence-electron chi connectivity index (χ1n) is 8.86. The molecule has 0 unspecified atom stereocenters. The van der Waals surface area contributed by atoms with Crippen molar-refractivity contribution >= 4 is 12.0 Å². The van der Waals surface area contributed by atoms with E-state index in [-0.39, 0.29) is 5.41 Å². The van der Waals surface area contributed by atoms with Crippen LogP contribution in [0.2, 0.25) is 0 Å². The van der Waals surface area contributed by atoms with Gasteiger partial charge in [-0.05, 0) is 61.8 Å². The summed E-state index contributed by atoms with van der Waals surface area (Å²) in [6.07, 6.45) is 14.3. The summed E-state index contributed by atoms with van der Waals surface area (Å²) in [5, 5.41) is 8.91. The Kier molecular flexibility index (Phi) is 6.19. The van der Waals surface area contributed by atoms with E-state index in [1.807, 2.05) is 24.3 Å². The average molecular weight is 336 g/mol. The van der Waals surface area contributed by atoms with Crippen LogP contribution in [0.1, 0.15) is 62.9 Å². The van der Waals surface area contributed by atoms with E-state index in [1.165, 1.54) is 36.0 Å². The number of rotatable bonds is 5. The summed E-state index contributed by atoms with van der Waals surface area (Å²) in [6.45, 7) is 9.00. The Morgan fingerprint density at radius 3 is 2.44 bits per heavy atom. The predicted molar refractivity (Wildman–Crippen MR) is 106 cm³/mol. The van der Waals surface area contributed by atoms with E-state index in [2.05, 4.69) is 45.9 Å². The minimum Gasteiger partial charge on any atom is -0.478 e. The molecule has 25 heavy (non-hydrogen) atoms. The lowest BCUT2D eigenvalue weighted by Crippen LogP contribution is -2.19. The molecule has 1 aliphatic carbocycles. The second kappa shape index (κ2) is 8.15. The quantitative estimate of drug-likeness (QED) is 0.629. The third-order valence-electron chi connectivity index (χ3n) is 4.86. The number of carboxylic acid groups (broad SMARTS) is 1. The van der Waals surface area contributed by atoms with Crippen LogP contribution in [-0.2, 0) is 0 Å². The fraction of sp³-hybridized carbons (Fsp3) is 0.348. The molecule has 0 heterocycles. The molecule has 2 rings (SSSR count). The van der Waals surface area contributed by atoms with Gasteiger partial charge >= 0.3 is 5.97 Å². The van der Waals surface area contributed by atoms with Crippen molar-refractivity contribution in [2.75, 3.05) is 0 Å². The minimum atomic E-state index is -0.897. The molecule has 0 bridgehead atoms. The Balaban J connectivity index is 2.05. The summed E-state index contributed by atoms with van der Waals surface area (Å²) in [5.41, 5.74) is 5.74. The Labute approximate surface area is 151 Å². The van der Waals surface area contributed by atoms with Gasteiger partial charge < -0.3 is 5.11 Å². The molecule has 0 aliphatic heterocycles. The zero-order valence-corrected chi connectivity index (χ0v) is 15.7. The minimum absolute atomic E-state index is 0.265. The number of allylic oxidation sites excluding steroid dienone is 7. The van der Waals surface area contributed by atoms with Gasteiger partial charge in [0.15, 0.2) is 0 Å². The van der Waals surface area contributed by atoms with Crippen molar-refractivity contribution in [3.8, 4) is 0 Å². The van der Waals surface area contributed by atoms with Gasteiger partial charge in [-0.25, -0.2) is 4.79 Å². The van der Waals surface area contributed by atoms with Crippen molar-refractivity contribution in [1.29, 1.82) is 0 Å². The van der Waals surface area contributed by atoms with Crippen LogP contribution in [0.25, 0.3) is 6.08 Å². The number of hydrogen-bond donors (Lipinski definition) is 1. The maximum Gasteiger partial charge on any atom is 0.335 e. The first-order chi connectivity index (χ1) is 11.8. The zero-order chi connectivity index (χ0) is 18.4. The molecule has 0 spiro atoms. The van der Waals surface area contributed by atoms with Crippen LogP contribution >= 0.6 is 0 Å². The van der Waals surface area contributed by atoms with Gasteiger partial charge in [-0.3, -0.25) is 0 Å². The van der Waals surface area contributed by atoms with Crippen molar-refractivity contribution in [1.82, 2.24) is 0 Å². The summed E-state index contributed by atoms with van der Waals surface area (Å²) in [6, 6.07) is 6.88. The number of carbonyl (C=O) groups is 1. The van der Waals surface area contributed by atoms with Gasteiger partial charge in [-0.15, -0.1) is 0 Å². The van der Waals surface area contributed by atoms with Crippen LogP contribution in [0.3, 0.4) is 0 Å². The van der Waals surface area contributed by atoms with Gasteiger partial charge in [-0.1, -0.05) is 67.5 Å². The summed E-state index contributed by atoms with van der Waals surface area (Å²) in [4.78, 5) is 10.8. The molecule has 0 radical (unpaired) electrons. The topological polar surface area (TPSA) is 37.3 Å². The van der Waals surface area contributed by atoms with Crippen molar-refractivity contribution < 1.29 is 9.90 Å². The Morgan fingerprint density at radius 2 is 1.84 bits per heavy atom. The molecule has 1 aliphatic rings. The van der Waals surface area contributed by atoms with Gasteiger partial charge in [0.05, 0.1) is 5.56 Å². The van der Waals surface area contributed by atoms with E-state index in [1.54, 1.807) is 12.1 Å². The van der Waals surface area contributed by atoms with Gasteiger partial charge in [0, 0.05) is 0 Å². The Bertz CT molecular complexity index is 741. The molecule has 1 aromatic carbocycles. The lowest BCUT2D eigenvalue weighted by atomic mass is 9.72. The lowest BCUT2D eigenvalue weighted by Gasteiger charge is -2.32. The van der Waals surface area contributed by atoms with Crippen LogP contribution in [0.5, 0.6) is 0 Å². The standard InChI is InChI=1S/C23H28O2/c1-17(10-15-21-18(2)8-6-16-23(21,3)4)7-5-9-19-11-13-20(14-12-19)22(24)25/h5,7,9-15H,6,8,16H2,1-4H3,(H,24,25)/b9-5?,15-10+,17-7+. The zero-order valence-electron chi connectivity index (χ0n) is 15.7. The van der Waals surface area contributed by atoms with Crippen LogP contribution in [0.15, 0.2) is 65.3 Å². The third kappa shape index (κ3) is 5.32. The number of benzene rings is 1. The highest BCUT2D eigenvalue weighted by Gasteiger charge is 2.26. The fourth-order valence-corrected chi connectivity index (χ4v) is 3.33. The van der Waals surface area contributed by atoms with Crippen molar-refractivity contribution in [2.45, 2.75) is 47.0 Å². The number of hydrogen-bond acceptors (Lipinski definition) is 1. The van der Waals surface area contributed by atoms with Crippen LogP contribution < -0.4 is 0 Å². The first kappa shape index (κ1) is 19.0. The SMILES string of the molecule is CC1=C(/C=C/C(C)=C/C=Cc2ccc(C(=O)O)cc2)C(C)(C)CCC1. The smallest absolute Gasteiger partial charge is 0.335 e. The Morgan fingerprint density at radius 1 is 1.16 bits per heavy atom. The molecule has 0 fully saturated rings. The maximum atomic E-state index is 10.8. The summed E-state index contributed by atoms with van der Waals surface area (Å²) in [7, 11) is 0. The molecule has 132 valence electrons.